The number of hydrogen-bond donors (Lipinski definition) is 1. The maximum absolute atomic E-state index is 14.3. The molecule has 2 heterocycles. The molecule has 0 aliphatic rings. The summed E-state index contributed by atoms with van der Waals surface area (Å²) in [6, 6.07) is 24.2. The fraction of sp³-hybridized carbons (Fsp3) is 0.0870. The maximum atomic E-state index is 14.3. The zero-order chi connectivity index (χ0) is 19.2. The SMILES string of the molecule is Fc1ccccc1-c1cc(NCCc2ccccc2)nc(-c2ccccn2)n1. The summed E-state index contributed by atoms with van der Waals surface area (Å²) in [4.78, 5) is 13.5. The summed E-state index contributed by atoms with van der Waals surface area (Å²) in [6.07, 6.45) is 2.55. The summed E-state index contributed by atoms with van der Waals surface area (Å²) in [5, 5.41) is 3.33. The first-order chi connectivity index (χ1) is 13.8. The Morgan fingerprint density at radius 1 is 0.786 bits per heavy atom. The fourth-order valence-corrected chi connectivity index (χ4v) is 2.93. The molecule has 0 unspecified atom stereocenters. The van der Waals surface area contributed by atoms with E-state index in [2.05, 4.69) is 32.4 Å². The van der Waals surface area contributed by atoms with Gasteiger partial charge in [0.25, 0.3) is 0 Å². The molecular weight excluding hydrogens is 351 g/mol. The molecule has 138 valence electrons. The topological polar surface area (TPSA) is 50.7 Å². The third-order valence-corrected chi connectivity index (χ3v) is 4.33. The average Bonchev–Trinajstić information content (AvgIpc) is 2.75. The number of nitrogens with one attached hydrogen (secondary N) is 1. The van der Waals surface area contributed by atoms with E-state index in [4.69, 9.17) is 0 Å². The lowest BCUT2D eigenvalue weighted by atomic mass is 10.1. The minimum Gasteiger partial charge on any atom is -0.370 e. The van der Waals surface area contributed by atoms with Crippen LogP contribution in [-0.2, 0) is 6.42 Å². The molecule has 0 fully saturated rings. The molecule has 1 N–H and O–H groups in total. The van der Waals surface area contributed by atoms with Crippen LogP contribution in [0.2, 0.25) is 0 Å². The van der Waals surface area contributed by atoms with E-state index < -0.39 is 0 Å². The lowest BCUT2D eigenvalue weighted by molar-refractivity contribution is 0.630. The minimum absolute atomic E-state index is 0.316. The minimum atomic E-state index is -0.316. The van der Waals surface area contributed by atoms with E-state index in [1.807, 2.05) is 36.4 Å². The van der Waals surface area contributed by atoms with Gasteiger partial charge in [-0.15, -0.1) is 0 Å². The Bertz CT molecular complexity index is 1050. The Balaban J connectivity index is 1.65. The summed E-state index contributed by atoms with van der Waals surface area (Å²) in [5.74, 6) is 0.789. The van der Waals surface area contributed by atoms with E-state index >= 15 is 0 Å². The van der Waals surface area contributed by atoms with Crippen molar-refractivity contribution in [3.63, 3.8) is 0 Å². The number of halogens is 1. The Morgan fingerprint density at radius 3 is 2.36 bits per heavy atom. The molecule has 4 aromatic rings. The molecule has 2 aromatic carbocycles. The fourth-order valence-electron chi connectivity index (χ4n) is 2.93. The summed E-state index contributed by atoms with van der Waals surface area (Å²) in [6.45, 7) is 0.708. The van der Waals surface area contributed by atoms with Gasteiger partial charge in [0.1, 0.15) is 17.3 Å². The van der Waals surface area contributed by atoms with Gasteiger partial charge in [0, 0.05) is 24.4 Å². The van der Waals surface area contributed by atoms with Gasteiger partial charge in [-0.3, -0.25) is 4.98 Å². The zero-order valence-electron chi connectivity index (χ0n) is 15.2. The Kier molecular flexibility index (Phi) is 5.33. The molecule has 0 atom stereocenters. The van der Waals surface area contributed by atoms with E-state index in [9.17, 15) is 4.39 Å². The monoisotopic (exact) mass is 370 g/mol. The molecule has 2 aromatic heterocycles. The molecular formula is C23H19FN4. The number of benzene rings is 2. The Labute approximate surface area is 163 Å². The number of hydrogen-bond acceptors (Lipinski definition) is 4. The molecule has 0 radical (unpaired) electrons. The van der Waals surface area contributed by atoms with Crippen LogP contribution in [0.5, 0.6) is 0 Å². The predicted octanol–water partition coefficient (Wildman–Crippen LogP) is 5.00. The first-order valence-electron chi connectivity index (χ1n) is 9.13. The number of anilines is 1. The largest absolute Gasteiger partial charge is 0.370 e. The van der Waals surface area contributed by atoms with Crippen LogP contribution >= 0.6 is 0 Å². The van der Waals surface area contributed by atoms with Crippen LogP contribution in [0.1, 0.15) is 5.56 Å². The van der Waals surface area contributed by atoms with Crippen molar-refractivity contribution in [1.82, 2.24) is 15.0 Å². The Morgan fingerprint density at radius 2 is 1.57 bits per heavy atom. The highest BCUT2D eigenvalue weighted by Gasteiger charge is 2.12. The second-order valence-electron chi connectivity index (χ2n) is 6.32. The van der Waals surface area contributed by atoms with Crippen molar-refractivity contribution < 1.29 is 4.39 Å². The molecule has 0 aliphatic carbocycles. The van der Waals surface area contributed by atoms with E-state index in [1.165, 1.54) is 11.6 Å². The van der Waals surface area contributed by atoms with Crippen molar-refractivity contribution >= 4 is 5.82 Å². The van der Waals surface area contributed by atoms with Crippen LogP contribution in [0.15, 0.2) is 85.1 Å². The maximum Gasteiger partial charge on any atom is 0.180 e. The molecule has 5 heteroatoms. The van der Waals surface area contributed by atoms with Gasteiger partial charge < -0.3 is 5.32 Å². The first kappa shape index (κ1) is 17.8. The van der Waals surface area contributed by atoms with Crippen LogP contribution in [0, 0.1) is 5.82 Å². The second kappa shape index (κ2) is 8.39. The quantitative estimate of drug-likeness (QED) is 0.519. The summed E-state index contributed by atoms with van der Waals surface area (Å²) in [7, 11) is 0. The van der Waals surface area contributed by atoms with Gasteiger partial charge in [-0.2, -0.15) is 0 Å². The third-order valence-electron chi connectivity index (χ3n) is 4.33. The molecule has 0 bridgehead atoms. The van der Waals surface area contributed by atoms with Crippen molar-refractivity contribution in [1.29, 1.82) is 0 Å². The summed E-state index contributed by atoms with van der Waals surface area (Å²) in [5.41, 5.74) is 2.85. The standard InChI is InChI=1S/C23H19FN4/c24-19-11-5-4-10-18(19)21-16-22(26-15-13-17-8-2-1-3-9-17)28-23(27-21)20-12-6-7-14-25-20/h1-12,14,16H,13,15H2,(H,26,27,28). The van der Waals surface area contributed by atoms with E-state index in [0.29, 0.717) is 35.1 Å². The summed E-state index contributed by atoms with van der Waals surface area (Å²) < 4.78 is 14.3. The van der Waals surface area contributed by atoms with Gasteiger partial charge in [0.15, 0.2) is 5.82 Å². The van der Waals surface area contributed by atoms with Gasteiger partial charge in [0.05, 0.1) is 5.69 Å². The van der Waals surface area contributed by atoms with Crippen molar-refractivity contribution in [3.05, 3.63) is 96.4 Å². The van der Waals surface area contributed by atoms with Gasteiger partial charge in [-0.05, 0) is 36.2 Å². The number of rotatable bonds is 6. The van der Waals surface area contributed by atoms with Gasteiger partial charge >= 0.3 is 0 Å². The molecule has 28 heavy (non-hydrogen) atoms. The molecule has 0 amide bonds. The zero-order valence-corrected chi connectivity index (χ0v) is 15.2. The van der Waals surface area contributed by atoms with Crippen LogP contribution in [0.3, 0.4) is 0 Å². The number of nitrogens with zero attached hydrogens (tertiary/aromatic N) is 3. The normalized spacial score (nSPS) is 10.6. The van der Waals surface area contributed by atoms with Crippen LogP contribution < -0.4 is 5.32 Å². The van der Waals surface area contributed by atoms with Crippen LogP contribution in [-0.4, -0.2) is 21.5 Å². The molecule has 0 aliphatic heterocycles. The van der Waals surface area contributed by atoms with E-state index in [1.54, 1.807) is 30.5 Å². The highest BCUT2D eigenvalue weighted by atomic mass is 19.1. The molecule has 4 nitrogen and oxygen atoms in total. The first-order valence-corrected chi connectivity index (χ1v) is 9.13. The lowest BCUT2D eigenvalue weighted by Crippen LogP contribution is -2.08. The molecule has 0 saturated carbocycles. The van der Waals surface area contributed by atoms with Gasteiger partial charge in [0.2, 0.25) is 0 Å². The van der Waals surface area contributed by atoms with Crippen molar-refractivity contribution in [3.8, 4) is 22.8 Å². The number of aromatic nitrogens is 3. The molecule has 0 saturated heterocycles. The van der Waals surface area contributed by atoms with Gasteiger partial charge in [-0.25, -0.2) is 14.4 Å². The highest BCUT2D eigenvalue weighted by Crippen LogP contribution is 2.25. The van der Waals surface area contributed by atoms with E-state index in [0.717, 1.165) is 6.42 Å². The van der Waals surface area contributed by atoms with Crippen LogP contribution in [0.25, 0.3) is 22.8 Å². The van der Waals surface area contributed by atoms with Gasteiger partial charge in [-0.1, -0.05) is 48.5 Å². The van der Waals surface area contributed by atoms with Crippen molar-refractivity contribution in [2.45, 2.75) is 6.42 Å². The second-order valence-corrected chi connectivity index (χ2v) is 6.32. The lowest BCUT2D eigenvalue weighted by Gasteiger charge is -2.11. The Hall–Kier alpha value is -3.60. The highest BCUT2D eigenvalue weighted by molar-refractivity contribution is 5.66. The molecule has 4 rings (SSSR count). The van der Waals surface area contributed by atoms with E-state index in [-0.39, 0.29) is 5.82 Å². The van der Waals surface area contributed by atoms with Crippen molar-refractivity contribution in [2.75, 3.05) is 11.9 Å². The summed E-state index contributed by atoms with van der Waals surface area (Å²) >= 11 is 0. The smallest absolute Gasteiger partial charge is 0.180 e. The van der Waals surface area contributed by atoms with Crippen LogP contribution in [0.4, 0.5) is 10.2 Å². The third kappa shape index (κ3) is 4.20. The molecule has 0 spiro atoms. The predicted molar refractivity (Wildman–Crippen MR) is 109 cm³/mol. The average molecular weight is 370 g/mol. The number of pyridine rings is 1. The van der Waals surface area contributed by atoms with Crippen molar-refractivity contribution in [2.24, 2.45) is 0 Å².